The number of hydrogen-bond acceptors (Lipinski definition) is 5. The third kappa shape index (κ3) is 5.42. The van der Waals surface area contributed by atoms with E-state index in [1.807, 2.05) is 24.3 Å². The average Bonchev–Trinajstić information content (AvgIpc) is 3.22. The summed E-state index contributed by atoms with van der Waals surface area (Å²) in [5.41, 5.74) is 3.25. The van der Waals surface area contributed by atoms with Gasteiger partial charge in [0.15, 0.2) is 5.16 Å². The van der Waals surface area contributed by atoms with Crippen molar-refractivity contribution in [1.82, 2.24) is 20.5 Å². The summed E-state index contributed by atoms with van der Waals surface area (Å²) in [4.78, 5) is 27.8. The van der Waals surface area contributed by atoms with E-state index in [0.717, 1.165) is 22.0 Å². The summed E-state index contributed by atoms with van der Waals surface area (Å²) in [7, 11) is 1.61. The molecule has 3 rings (SSSR count). The second kappa shape index (κ2) is 9.00. The molecule has 0 aliphatic carbocycles. The van der Waals surface area contributed by atoms with E-state index in [0.29, 0.717) is 17.7 Å². The monoisotopic (exact) mass is 381 g/mol. The number of thioether (sulfide) groups is 1. The summed E-state index contributed by atoms with van der Waals surface area (Å²) >= 11 is 1.55. The molecule has 0 bridgehead atoms. The summed E-state index contributed by atoms with van der Waals surface area (Å²) < 4.78 is 0. The highest BCUT2D eigenvalue weighted by atomic mass is 32.2. The zero-order valence-electron chi connectivity index (χ0n) is 14.7. The molecule has 27 heavy (non-hydrogen) atoms. The molecule has 0 unspecified atom stereocenters. The fraction of sp³-hybridized carbons (Fsp3) is 0.158. The highest BCUT2D eigenvalue weighted by Crippen LogP contribution is 2.19. The summed E-state index contributed by atoms with van der Waals surface area (Å²) in [5, 5.41) is 12.8. The molecule has 2 amide bonds. The number of anilines is 1. The first-order valence-electron chi connectivity index (χ1n) is 8.32. The number of amides is 2. The van der Waals surface area contributed by atoms with Crippen molar-refractivity contribution in [3.05, 3.63) is 71.5 Å². The number of likely N-dealkylation sites (N-methyl/N-ethyl adjacent to an activating group) is 1. The van der Waals surface area contributed by atoms with Crippen molar-refractivity contribution < 1.29 is 9.59 Å². The predicted octanol–water partition coefficient (Wildman–Crippen LogP) is 2.64. The third-order valence-corrected chi connectivity index (χ3v) is 4.79. The number of nitrogens with zero attached hydrogens (tertiary/aromatic N) is 2. The van der Waals surface area contributed by atoms with Crippen LogP contribution in [0.2, 0.25) is 0 Å². The minimum Gasteiger partial charge on any atom is -0.359 e. The lowest BCUT2D eigenvalue weighted by Gasteiger charge is -2.07. The SMILES string of the molecule is CNC(=O)Cc1ccc(NC(=O)c2ccc(CSc3ncn[nH]3)cc2)cc1. The molecule has 0 atom stereocenters. The Morgan fingerprint density at radius 3 is 2.37 bits per heavy atom. The van der Waals surface area contributed by atoms with Gasteiger partial charge >= 0.3 is 0 Å². The molecule has 0 saturated heterocycles. The van der Waals surface area contributed by atoms with E-state index in [1.165, 1.54) is 6.33 Å². The maximum atomic E-state index is 12.4. The first-order valence-corrected chi connectivity index (χ1v) is 9.30. The molecule has 1 heterocycles. The van der Waals surface area contributed by atoms with Gasteiger partial charge in [-0.1, -0.05) is 36.0 Å². The Bertz CT molecular complexity index is 893. The largest absolute Gasteiger partial charge is 0.359 e. The molecule has 0 radical (unpaired) electrons. The highest BCUT2D eigenvalue weighted by Gasteiger charge is 2.07. The number of carbonyl (C=O) groups is 2. The molecule has 3 N–H and O–H groups in total. The molecule has 1 aromatic heterocycles. The summed E-state index contributed by atoms with van der Waals surface area (Å²) in [6.45, 7) is 0. The van der Waals surface area contributed by atoms with Gasteiger partial charge in [0.1, 0.15) is 6.33 Å². The first-order chi connectivity index (χ1) is 13.1. The van der Waals surface area contributed by atoms with Crippen molar-refractivity contribution >= 4 is 29.3 Å². The van der Waals surface area contributed by atoms with Crippen molar-refractivity contribution in [2.45, 2.75) is 17.3 Å². The quantitative estimate of drug-likeness (QED) is 0.546. The Kier molecular flexibility index (Phi) is 6.22. The van der Waals surface area contributed by atoms with Gasteiger partial charge in [0.25, 0.3) is 5.91 Å². The molecule has 138 valence electrons. The number of hydrogen-bond donors (Lipinski definition) is 3. The number of H-pyrrole nitrogens is 1. The van der Waals surface area contributed by atoms with Gasteiger partial charge < -0.3 is 10.6 Å². The smallest absolute Gasteiger partial charge is 0.255 e. The molecule has 7 nitrogen and oxygen atoms in total. The van der Waals surface area contributed by atoms with Crippen LogP contribution in [0.25, 0.3) is 0 Å². The van der Waals surface area contributed by atoms with Crippen LogP contribution in [0.3, 0.4) is 0 Å². The van der Waals surface area contributed by atoms with Gasteiger partial charge in [-0.25, -0.2) is 4.98 Å². The van der Waals surface area contributed by atoms with Crippen LogP contribution in [-0.4, -0.2) is 34.0 Å². The topological polar surface area (TPSA) is 99.8 Å². The lowest BCUT2D eigenvalue weighted by Crippen LogP contribution is -2.19. The zero-order valence-corrected chi connectivity index (χ0v) is 15.5. The maximum absolute atomic E-state index is 12.4. The van der Waals surface area contributed by atoms with E-state index < -0.39 is 0 Å². The van der Waals surface area contributed by atoms with Gasteiger partial charge in [-0.2, -0.15) is 5.10 Å². The molecule has 0 spiro atoms. The van der Waals surface area contributed by atoms with Gasteiger partial charge in [-0.05, 0) is 35.4 Å². The van der Waals surface area contributed by atoms with E-state index in [2.05, 4.69) is 25.8 Å². The molecule has 0 fully saturated rings. The minimum atomic E-state index is -0.177. The minimum absolute atomic E-state index is 0.0478. The van der Waals surface area contributed by atoms with Crippen molar-refractivity contribution in [3.63, 3.8) is 0 Å². The van der Waals surface area contributed by atoms with Crippen LogP contribution in [0.4, 0.5) is 5.69 Å². The summed E-state index contributed by atoms with van der Waals surface area (Å²) in [6.07, 6.45) is 1.79. The van der Waals surface area contributed by atoms with E-state index in [-0.39, 0.29) is 11.8 Å². The Morgan fingerprint density at radius 2 is 1.74 bits per heavy atom. The number of aromatic amines is 1. The van der Waals surface area contributed by atoms with Crippen LogP contribution in [0.5, 0.6) is 0 Å². The van der Waals surface area contributed by atoms with Gasteiger partial charge in [0.2, 0.25) is 5.91 Å². The van der Waals surface area contributed by atoms with E-state index in [9.17, 15) is 9.59 Å². The molecule has 0 saturated carbocycles. The molecule has 3 aromatic rings. The fourth-order valence-electron chi connectivity index (χ4n) is 2.35. The van der Waals surface area contributed by atoms with Crippen molar-refractivity contribution in [2.24, 2.45) is 0 Å². The predicted molar refractivity (Wildman–Crippen MR) is 105 cm³/mol. The fourth-order valence-corrected chi connectivity index (χ4v) is 3.09. The first kappa shape index (κ1) is 18.7. The van der Waals surface area contributed by atoms with Gasteiger partial charge in [0, 0.05) is 24.1 Å². The van der Waals surface area contributed by atoms with Crippen LogP contribution in [-0.2, 0) is 17.0 Å². The lowest BCUT2D eigenvalue weighted by molar-refractivity contribution is -0.119. The molecule has 0 aliphatic rings. The van der Waals surface area contributed by atoms with Crippen LogP contribution in [0, 0.1) is 0 Å². The molecule has 2 aromatic carbocycles. The van der Waals surface area contributed by atoms with E-state index in [1.54, 1.807) is 43.1 Å². The van der Waals surface area contributed by atoms with Crippen molar-refractivity contribution in [1.29, 1.82) is 0 Å². The Balaban J connectivity index is 1.55. The van der Waals surface area contributed by atoms with Crippen LogP contribution in [0.15, 0.2) is 60.0 Å². The number of carbonyl (C=O) groups excluding carboxylic acids is 2. The van der Waals surface area contributed by atoms with Crippen molar-refractivity contribution in [3.8, 4) is 0 Å². The maximum Gasteiger partial charge on any atom is 0.255 e. The molecular weight excluding hydrogens is 362 g/mol. The number of benzene rings is 2. The highest BCUT2D eigenvalue weighted by molar-refractivity contribution is 7.98. The Morgan fingerprint density at radius 1 is 1.04 bits per heavy atom. The third-order valence-electron chi connectivity index (χ3n) is 3.84. The molecular formula is C19H19N5O2S. The Hall–Kier alpha value is -3.13. The summed E-state index contributed by atoms with van der Waals surface area (Å²) in [6, 6.07) is 14.7. The van der Waals surface area contributed by atoms with Crippen LogP contribution < -0.4 is 10.6 Å². The van der Waals surface area contributed by atoms with Gasteiger partial charge in [-0.15, -0.1) is 0 Å². The summed E-state index contributed by atoms with van der Waals surface area (Å²) in [5.74, 6) is 0.515. The second-order valence-corrected chi connectivity index (χ2v) is 6.74. The number of rotatable bonds is 7. The number of nitrogens with one attached hydrogen (secondary N) is 3. The standard InChI is InChI=1S/C19H19N5O2S/c1-20-17(25)10-13-4-8-16(9-5-13)23-18(26)15-6-2-14(3-7-15)11-27-19-21-12-22-24-19/h2-9,12H,10-11H2,1H3,(H,20,25)(H,23,26)(H,21,22,24). The van der Waals surface area contributed by atoms with E-state index in [4.69, 9.17) is 0 Å². The van der Waals surface area contributed by atoms with Crippen LogP contribution >= 0.6 is 11.8 Å². The van der Waals surface area contributed by atoms with E-state index >= 15 is 0 Å². The average molecular weight is 381 g/mol. The normalized spacial score (nSPS) is 10.4. The Labute approximate surface area is 161 Å². The van der Waals surface area contributed by atoms with Gasteiger partial charge in [-0.3, -0.25) is 14.7 Å². The van der Waals surface area contributed by atoms with Gasteiger partial charge in [0.05, 0.1) is 6.42 Å². The lowest BCUT2D eigenvalue weighted by atomic mass is 10.1. The zero-order chi connectivity index (χ0) is 19.1. The second-order valence-electron chi connectivity index (χ2n) is 5.78. The molecule has 8 heteroatoms. The van der Waals surface area contributed by atoms with Crippen LogP contribution in [0.1, 0.15) is 21.5 Å². The molecule has 0 aliphatic heterocycles. The number of aromatic nitrogens is 3. The van der Waals surface area contributed by atoms with Crippen molar-refractivity contribution in [2.75, 3.05) is 12.4 Å².